The largest absolute Gasteiger partial charge is 0.470 e. The fourth-order valence-electron chi connectivity index (χ4n) is 1.43. The molecule has 0 saturated heterocycles. The lowest BCUT2D eigenvalue weighted by atomic mass is 9.80. The van der Waals surface area contributed by atoms with Gasteiger partial charge in [-0.15, -0.1) is 0 Å². The van der Waals surface area contributed by atoms with Crippen molar-refractivity contribution in [3.63, 3.8) is 0 Å². The average Bonchev–Trinajstić information content (AvgIpc) is 1.99. The van der Waals surface area contributed by atoms with Crippen LogP contribution in [0, 0.1) is 11.8 Å². The minimum atomic E-state index is -4.41. The average molecular weight is 224 g/mol. The Balaban J connectivity index is 4.82. The van der Waals surface area contributed by atoms with Crippen LogP contribution in [0.5, 0.6) is 0 Å². The van der Waals surface area contributed by atoms with Gasteiger partial charge in [0.2, 0.25) is 0 Å². The summed E-state index contributed by atoms with van der Waals surface area (Å²) in [6, 6.07) is 0. The van der Waals surface area contributed by atoms with E-state index in [1.165, 1.54) is 0 Å². The Morgan fingerprint density at radius 2 is 1.79 bits per heavy atom. The summed E-state index contributed by atoms with van der Waals surface area (Å²) >= 11 is 0. The Kier molecular flexibility index (Phi) is 4.79. The van der Waals surface area contributed by atoms with Crippen LogP contribution in [0.2, 0.25) is 0 Å². The van der Waals surface area contributed by atoms with E-state index >= 15 is 0 Å². The lowest BCUT2D eigenvalue weighted by molar-refractivity contribution is -0.0334. The molecule has 0 aliphatic carbocycles. The van der Waals surface area contributed by atoms with Crippen LogP contribution in [0.25, 0.3) is 0 Å². The van der Waals surface area contributed by atoms with Gasteiger partial charge in [0.05, 0.1) is 5.60 Å². The maximum Gasteiger partial charge on any atom is 0.470 e. The summed E-state index contributed by atoms with van der Waals surface area (Å²) in [5, 5.41) is 0. The Hall–Kier alpha value is 0.110. The van der Waals surface area contributed by atoms with Crippen LogP contribution in [0.3, 0.4) is 0 Å². The summed E-state index contributed by atoms with van der Waals surface area (Å²) in [5.74, 6) is 0.167. The lowest BCUT2D eigenvalue weighted by Crippen LogP contribution is -2.40. The van der Waals surface area contributed by atoms with Crippen LogP contribution in [0.4, 0.5) is 0 Å². The third-order valence-corrected chi connectivity index (χ3v) is 3.68. The molecular formula is C9H21O4P. The molecule has 2 atom stereocenters. The molecule has 0 saturated carbocycles. The Labute approximate surface area is 85.9 Å². The monoisotopic (exact) mass is 224 g/mol. The number of phosphoric ester groups is 1. The van der Waals surface area contributed by atoms with Gasteiger partial charge in [-0.1, -0.05) is 34.1 Å². The molecule has 0 aromatic rings. The molecule has 14 heavy (non-hydrogen) atoms. The molecule has 4 nitrogen and oxygen atoms in total. The number of rotatable bonds is 5. The van der Waals surface area contributed by atoms with E-state index in [-0.39, 0.29) is 11.8 Å². The van der Waals surface area contributed by atoms with E-state index in [1.54, 1.807) is 6.92 Å². The zero-order valence-corrected chi connectivity index (χ0v) is 10.4. The second-order valence-electron chi connectivity index (χ2n) is 4.23. The highest BCUT2D eigenvalue weighted by atomic mass is 31.2. The molecule has 2 N–H and O–H groups in total. The van der Waals surface area contributed by atoms with Crippen LogP contribution in [0.1, 0.15) is 41.0 Å². The van der Waals surface area contributed by atoms with Crippen LogP contribution in [-0.2, 0) is 9.09 Å². The van der Waals surface area contributed by atoms with Gasteiger partial charge in [-0.2, -0.15) is 0 Å². The first-order valence-electron chi connectivity index (χ1n) is 4.89. The van der Waals surface area contributed by atoms with Crippen molar-refractivity contribution in [2.24, 2.45) is 11.8 Å². The summed E-state index contributed by atoms with van der Waals surface area (Å²) in [6.07, 6.45) is 0.828. The van der Waals surface area contributed by atoms with Crippen LogP contribution >= 0.6 is 7.82 Å². The molecule has 86 valence electrons. The standard InChI is InChI=1S/C9H21O4P/c1-6-8(4)9(5,7(2)3)13-14(10,11)12/h7-8H,6H2,1-5H3,(H2,10,11,12). The molecule has 0 spiro atoms. The van der Waals surface area contributed by atoms with Gasteiger partial charge >= 0.3 is 7.82 Å². The minimum Gasteiger partial charge on any atom is -0.303 e. The molecule has 0 heterocycles. The number of phosphoric acid groups is 1. The van der Waals surface area contributed by atoms with Crippen molar-refractivity contribution < 1.29 is 18.9 Å². The van der Waals surface area contributed by atoms with E-state index < -0.39 is 13.4 Å². The third-order valence-electron chi connectivity index (χ3n) is 3.05. The van der Waals surface area contributed by atoms with Gasteiger partial charge in [0.1, 0.15) is 0 Å². The number of hydrogen-bond donors (Lipinski definition) is 2. The quantitative estimate of drug-likeness (QED) is 0.704. The SMILES string of the molecule is CCC(C)C(C)(OP(=O)(O)O)C(C)C. The van der Waals surface area contributed by atoms with Crippen LogP contribution in [0.15, 0.2) is 0 Å². The first-order valence-corrected chi connectivity index (χ1v) is 6.42. The highest BCUT2D eigenvalue weighted by molar-refractivity contribution is 7.46. The van der Waals surface area contributed by atoms with E-state index in [2.05, 4.69) is 0 Å². The van der Waals surface area contributed by atoms with Crippen molar-refractivity contribution in [2.75, 3.05) is 0 Å². The molecule has 0 rings (SSSR count). The maximum absolute atomic E-state index is 10.8. The summed E-state index contributed by atoms with van der Waals surface area (Å²) in [5.41, 5.74) is -0.770. The smallest absolute Gasteiger partial charge is 0.303 e. The van der Waals surface area contributed by atoms with Gasteiger partial charge in [-0.3, -0.25) is 4.52 Å². The molecule has 0 radical (unpaired) electrons. The van der Waals surface area contributed by atoms with E-state index in [0.29, 0.717) is 0 Å². The third kappa shape index (κ3) is 3.70. The summed E-state index contributed by atoms with van der Waals surface area (Å²) in [6.45, 7) is 9.48. The first-order chi connectivity index (χ1) is 6.13. The zero-order valence-electron chi connectivity index (χ0n) is 9.52. The highest BCUT2D eigenvalue weighted by Gasteiger charge is 2.40. The van der Waals surface area contributed by atoms with E-state index in [1.807, 2.05) is 27.7 Å². The van der Waals surface area contributed by atoms with Crippen molar-refractivity contribution in [3.05, 3.63) is 0 Å². The van der Waals surface area contributed by atoms with Crippen molar-refractivity contribution in [1.29, 1.82) is 0 Å². The molecule has 0 aromatic heterocycles. The molecule has 0 bridgehead atoms. The molecule has 2 unspecified atom stereocenters. The topological polar surface area (TPSA) is 66.8 Å². The molecular weight excluding hydrogens is 203 g/mol. The van der Waals surface area contributed by atoms with Crippen LogP contribution < -0.4 is 0 Å². The Bertz CT molecular complexity index is 223. The predicted octanol–water partition coefficient (Wildman–Crippen LogP) is 2.56. The van der Waals surface area contributed by atoms with Crippen LogP contribution in [-0.4, -0.2) is 15.4 Å². The van der Waals surface area contributed by atoms with Gasteiger partial charge in [-0.25, -0.2) is 4.57 Å². The van der Waals surface area contributed by atoms with E-state index in [9.17, 15) is 4.57 Å². The van der Waals surface area contributed by atoms with Gasteiger partial charge in [0.15, 0.2) is 0 Å². The normalized spacial score (nSPS) is 19.4. The zero-order chi connectivity index (χ0) is 11.6. The summed E-state index contributed by atoms with van der Waals surface area (Å²) in [7, 11) is -4.41. The van der Waals surface area contributed by atoms with Crippen molar-refractivity contribution >= 4 is 7.82 Å². The van der Waals surface area contributed by atoms with Gasteiger partial charge < -0.3 is 9.79 Å². The first kappa shape index (κ1) is 14.1. The predicted molar refractivity (Wildman–Crippen MR) is 55.8 cm³/mol. The van der Waals surface area contributed by atoms with Crippen molar-refractivity contribution in [2.45, 2.75) is 46.6 Å². The molecule has 5 heteroatoms. The van der Waals surface area contributed by atoms with Gasteiger partial charge in [-0.05, 0) is 18.8 Å². The van der Waals surface area contributed by atoms with E-state index in [4.69, 9.17) is 14.3 Å². The fraction of sp³-hybridized carbons (Fsp3) is 1.00. The van der Waals surface area contributed by atoms with E-state index in [0.717, 1.165) is 6.42 Å². The van der Waals surface area contributed by atoms with Gasteiger partial charge in [0, 0.05) is 0 Å². The van der Waals surface area contributed by atoms with Crippen molar-refractivity contribution in [1.82, 2.24) is 0 Å². The maximum atomic E-state index is 10.8. The second kappa shape index (κ2) is 4.75. The highest BCUT2D eigenvalue weighted by Crippen LogP contribution is 2.47. The molecule has 0 fully saturated rings. The lowest BCUT2D eigenvalue weighted by Gasteiger charge is -2.38. The summed E-state index contributed by atoms with van der Waals surface area (Å²) in [4.78, 5) is 17.7. The molecule has 0 aliphatic rings. The molecule has 0 aliphatic heterocycles. The van der Waals surface area contributed by atoms with Gasteiger partial charge in [0.25, 0.3) is 0 Å². The minimum absolute atomic E-state index is 0.0603. The molecule has 0 aromatic carbocycles. The second-order valence-corrected chi connectivity index (χ2v) is 5.39. The Morgan fingerprint density at radius 1 is 1.36 bits per heavy atom. The molecule has 0 amide bonds. The summed E-state index contributed by atoms with van der Waals surface area (Å²) < 4.78 is 15.7. The number of hydrogen-bond acceptors (Lipinski definition) is 2. The van der Waals surface area contributed by atoms with Crippen molar-refractivity contribution in [3.8, 4) is 0 Å². The Morgan fingerprint density at radius 3 is 2.00 bits per heavy atom. The fourth-order valence-corrected chi connectivity index (χ4v) is 2.33.